The van der Waals surface area contributed by atoms with Gasteiger partial charge >= 0.3 is 0 Å². The Morgan fingerprint density at radius 2 is 2.33 bits per heavy atom. The Balaban J connectivity index is 1.93. The molecule has 1 aliphatic rings. The Kier molecular flexibility index (Phi) is 3.06. The lowest BCUT2D eigenvalue weighted by atomic mass is 10.1. The number of nitrogens with one attached hydrogen (secondary N) is 1. The van der Waals surface area contributed by atoms with E-state index in [0.717, 1.165) is 11.5 Å². The van der Waals surface area contributed by atoms with Gasteiger partial charge in [0.05, 0.1) is 0 Å². The molecule has 0 amide bonds. The highest BCUT2D eigenvalue weighted by Crippen LogP contribution is 2.35. The zero-order valence-corrected chi connectivity index (χ0v) is 9.33. The topological polar surface area (TPSA) is 12.0 Å². The van der Waals surface area contributed by atoms with Crippen LogP contribution in [0.3, 0.4) is 0 Å². The van der Waals surface area contributed by atoms with Crippen LogP contribution >= 0.6 is 0 Å². The van der Waals surface area contributed by atoms with Gasteiger partial charge < -0.3 is 5.32 Å². The molecule has 1 fully saturated rings. The van der Waals surface area contributed by atoms with Crippen LogP contribution in [0.5, 0.6) is 0 Å². The van der Waals surface area contributed by atoms with Crippen LogP contribution in [0.2, 0.25) is 0 Å². The Morgan fingerprint density at radius 3 is 2.93 bits per heavy atom. The molecule has 3 atom stereocenters. The lowest BCUT2D eigenvalue weighted by molar-refractivity contribution is 0.534. The maximum absolute atomic E-state index is 13.0. The van der Waals surface area contributed by atoms with Crippen molar-refractivity contribution >= 4 is 0 Å². The first-order valence-corrected chi connectivity index (χ1v) is 5.72. The van der Waals surface area contributed by atoms with E-state index >= 15 is 0 Å². The highest BCUT2D eigenvalue weighted by atomic mass is 19.1. The van der Waals surface area contributed by atoms with Crippen molar-refractivity contribution < 1.29 is 4.39 Å². The van der Waals surface area contributed by atoms with Gasteiger partial charge in [-0.15, -0.1) is 0 Å². The second-order valence-corrected chi connectivity index (χ2v) is 4.45. The van der Waals surface area contributed by atoms with E-state index in [0.29, 0.717) is 6.04 Å². The number of halogens is 1. The normalized spacial score (nSPS) is 26.3. The molecule has 15 heavy (non-hydrogen) atoms. The molecule has 0 aliphatic heterocycles. The molecule has 0 saturated heterocycles. The number of hydrogen-bond acceptors (Lipinski definition) is 1. The Labute approximate surface area is 90.7 Å². The van der Waals surface area contributed by atoms with Crippen molar-refractivity contribution in [3.63, 3.8) is 0 Å². The van der Waals surface area contributed by atoms with Crippen LogP contribution in [-0.4, -0.2) is 6.04 Å². The zero-order valence-electron chi connectivity index (χ0n) is 9.33. The van der Waals surface area contributed by atoms with E-state index in [4.69, 9.17) is 0 Å². The molecule has 1 aliphatic carbocycles. The molecule has 2 heteroatoms. The summed E-state index contributed by atoms with van der Waals surface area (Å²) in [5, 5.41) is 3.53. The molecule has 0 bridgehead atoms. The fraction of sp³-hybridized carbons (Fsp3) is 0.538. The number of hydrogen-bond donors (Lipinski definition) is 1. The second kappa shape index (κ2) is 4.31. The summed E-state index contributed by atoms with van der Waals surface area (Å²) in [6.07, 6.45) is 2.52. The molecule has 1 N–H and O–H groups in total. The van der Waals surface area contributed by atoms with Crippen LogP contribution in [0.15, 0.2) is 24.3 Å². The minimum Gasteiger partial charge on any atom is -0.307 e. The second-order valence-electron chi connectivity index (χ2n) is 4.45. The van der Waals surface area contributed by atoms with E-state index in [-0.39, 0.29) is 11.9 Å². The summed E-state index contributed by atoms with van der Waals surface area (Å²) in [5.74, 6) is 0.685. The molecule has 0 heterocycles. The molecular weight excluding hydrogens is 189 g/mol. The Morgan fingerprint density at radius 1 is 1.53 bits per heavy atom. The molecular formula is C13H18FN. The van der Waals surface area contributed by atoms with Gasteiger partial charge in [-0.25, -0.2) is 4.39 Å². The third kappa shape index (κ3) is 2.57. The molecule has 0 aromatic heterocycles. The van der Waals surface area contributed by atoms with Crippen LogP contribution in [-0.2, 0) is 0 Å². The fourth-order valence-electron chi connectivity index (χ4n) is 2.10. The molecule has 82 valence electrons. The quantitative estimate of drug-likeness (QED) is 0.799. The maximum Gasteiger partial charge on any atom is 0.123 e. The van der Waals surface area contributed by atoms with Gasteiger partial charge in [0, 0.05) is 12.1 Å². The SMILES string of the molecule is CCC1CC1NC(C)c1cccc(F)c1. The van der Waals surface area contributed by atoms with Gasteiger partial charge in [-0.05, 0) is 37.0 Å². The molecule has 0 spiro atoms. The predicted octanol–water partition coefficient (Wildman–Crippen LogP) is 3.27. The van der Waals surface area contributed by atoms with Gasteiger partial charge in [0.2, 0.25) is 0 Å². The van der Waals surface area contributed by atoms with Crippen LogP contribution < -0.4 is 5.32 Å². The zero-order chi connectivity index (χ0) is 10.8. The first-order chi connectivity index (χ1) is 7.20. The van der Waals surface area contributed by atoms with E-state index in [9.17, 15) is 4.39 Å². The van der Waals surface area contributed by atoms with Crippen molar-refractivity contribution in [1.82, 2.24) is 5.32 Å². The molecule has 0 radical (unpaired) electrons. The van der Waals surface area contributed by atoms with E-state index in [1.807, 2.05) is 6.07 Å². The summed E-state index contributed by atoms with van der Waals surface area (Å²) in [6.45, 7) is 4.32. The summed E-state index contributed by atoms with van der Waals surface area (Å²) in [6, 6.07) is 7.75. The molecule has 1 aromatic rings. The summed E-state index contributed by atoms with van der Waals surface area (Å²) < 4.78 is 13.0. The summed E-state index contributed by atoms with van der Waals surface area (Å²) in [7, 11) is 0. The van der Waals surface area contributed by atoms with Crippen LogP contribution in [0.4, 0.5) is 4.39 Å². The van der Waals surface area contributed by atoms with E-state index in [1.54, 1.807) is 12.1 Å². The lowest BCUT2D eigenvalue weighted by Crippen LogP contribution is -2.22. The first kappa shape index (κ1) is 10.6. The molecule has 1 nitrogen and oxygen atoms in total. The van der Waals surface area contributed by atoms with E-state index < -0.39 is 0 Å². The van der Waals surface area contributed by atoms with Gasteiger partial charge in [0.1, 0.15) is 5.82 Å². The first-order valence-electron chi connectivity index (χ1n) is 5.72. The average molecular weight is 207 g/mol. The van der Waals surface area contributed by atoms with Gasteiger partial charge in [-0.1, -0.05) is 25.5 Å². The monoisotopic (exact) mass is 207 g/mol. The largest absolute Gasteiger partial charge is 0.307 e. The smallest absolute Gasteiger partial charge is 0.123 e. The van der Waals surface area contributed by atoms with Crippen molar-refractivity contribution in [3.05, 3.63) is 35.6 Å². The molecule has 1 saturated carbocycles. The highest BCUT2D eigenvalue weighted by molar-refractivity contribution is 5.20. The van der Waals surface area contributed by atoms with Crippen molar-refractivity contribution in [2.24, 2.45) is 5.92 Å². The standard InChI is InChI=1S/C13H18FN/c1-3-10-8-13(10)15-9(2)11-5-4-6-12(14)7-11/h4-7,9-10,13,15H,3,8H2,1-2H3. The van der Waals surface area contributed by atoms with Gasteiger partial charge in [-0.3, -0.25) is 0 Å². The summed E-state index contributed by atoms with van der Waals surface area (Å²) >= 11 is 0. The minimum atomic E-state index is -0.149. The van der Waals surface area contributed by atoms with Gasteiger partial charge in [-0.2, -0.15) is 0 Å². The molecule has 3 unspecified atom stereocenters. The summed E-state index contributed by atoms with van der Waals surface area (Å²) in [5.41, 5.74) is 1.04. The Bertz CT molecular complexity index is 337. The fourth-order valence-corrected chi connectivity index (χ4v) is 2.10. The van der Waals surface area contributed by atoms with Crippen molar-refractivity contribution in [1.29, 1.82) is 0 Å². The van der Waals surface area contributed by atoms with Crippen LogP contribution in [0, 0.1) is 11.7 Å². The lowest BCUT2D eigenvalue weighted by Gasteiger charge is -2.14. The molecule has 2 rings (SSSR count). The maximum atomic E-state index is 13.0. The van der Waals surface area contributed by atoms with Gasteiger partial charge in [0.25, 0.3) is 0 Å². The molecule has 1 aromatic carbocycles. The minimum absolute atomic E-state index is 0.149. The summed E-state index contributed by atoms with van der Waals surface area (Å²) in [4.78, 5) is 0. The van der Waals surface area contributed by atoms with Crippen molar-refractivity contribution in [3.8, 4) is 0 Å². The Hall–Kier alpha value is -0.890. The van der Waals surface area contributed by atoms with Crippen molar-refractivity contribution in [2.45, 2.75) is 38.8 Å². The third-order valence-electron chi connectivity index (χ3n) is 3.26. The third-order valence-corrected chi connectivity index (χ3v) is 3.26. The highest BCUT2D eigenvalue weighted by Gasteiger charge is 2.35. The van der Waals surface area contributed by atoms with E-state index in [2.05, 4.69) is 19.2 Å². The predicted molar refractivity (Wildman–Crippen MR) is 60.1 cm³/mol. The van der Waals surface area contributed by atoms with E-state index in [1.165, 1.54) is 18.9 Å². The van der Waals surface area contributed by atoms with Crippen molar-refractivity contribution in [2.75, 3.05) is 0 Å². The number of benzene rings is 1. The average Bonchev–Trinajstić information content (AvgIpc) is 2.96. The van der Waals surface area contributed by atoms with Crippen LogP contribution in [0.1, 0.15) is 38.3 Å². The van der Waals surface area contributed by atoms with Gasteiger partial charge in [0.15, 0.2) is 0 Å². The van der Waals surface area contributed by atoms with Crippen LogP contribution in [0.25, 0.3) is 0 Å². The number of rotatable bonds is 4.